The van der Waals surface area contributed by atoms with Crippen LogP contribution >= 0.6 is 0 Å². The third kappa shape index (κ3) is 6.45. The van der Waals surface area contributed by atoms with Gasteiger partial charge in [-0.05, 0) is 56.9 Å². The number of nitrogens with one attached hydrogen (secondary N) is 4. The van der Waals surface area contributed by atoms with Crippen molar-refractivity contribution in [3.05, 3.63) is 24.3 Å². The standard InChI is InChI=1S/C21H30N4O4/c1-14(23-20(27)15-5-2-3-6-15)19(26)24-16-8-10-17(11-9-16)25-21(28)22-13-18-7-4-12-29-18/h8-11,14-15,18H,2-7,12-13H2,1H3,(H,23,27)(H,24,26)(H2,22,25,28)/t14-,18+/m0/s1. The Morgan fingerprint density at radius 3 is 2.28 bits per heavy atom. The molecule has 1 aliphatic heterocycles. The summed E-state index contributed by atoms with van der Waals surface area (Å²) in [6.45, 7) is 2.92. The van der Waals surface area contributed by atoms with Gasteiger partial charge in [0.2, 0.25) is 11.8 Å². The summed E-state index contributed by atoms with van der Waals surface area (Å²) in [5.74, 6) is -0.285. The van der Waals surface area contributed by atoms with Gasteiger partial charge in [0.05, 0.1) is 6.10 Å². The van der Waals surface area contributed by atoms with Crippen LogP contribution in [0.1, 0.15) is 45.4 Å². The highest BCUT2D eigenvalue weighted by atomic mass is 16.5. The summed E-state index contributed by atoms with van der Waals surface area (Å²) >= 11 is 0. The number of carbonyl (C=O) groups excluding carboxylic acids is 3. The molecule has 2 atom stereocenters. The second-order valence-corrected chi connectivity index (χ2v) is 7.75. The van der Waals surface area contributed by atoms with E-state index >= 15 is 0 Å². The van der Waals surface area contributed by atoms with Crippen LogP contribution in [-0.4, -0.2) is 43.1 Å². The van der Waals surface area contributed by atoms with E-state index in [0.717, 1.165) is 45.1 Å². The van der Waals surface area contributed by atoms with Crippen LogP contribution in [0.3, 0.4) is 0 Å². The lowest BCUT2D eigenvalue weighted by atomic mass is 10.1. The van der Waals surface area contributed by atoms with E-state index in [-0.39, 0.29) is 29.9 Å². The molecule has 8 heteroatoms. The fourth-order valence-electron chi connectivity index (χ4n) is 3.66. The molecule has 2 fully saturated rings. The Morgan fingerprint density at radius 1 is 1.00 bits per heavy atom. The minimum absolute atomic E-state index is 0.0296. The number of ether oxygens (including phenoxy) is 1. The van der Waals surface area contributed by atoms with Gasteiger partial charge in [0.15, 0.2) is 0 Å². The van der Waals surface area contributed by atoms with Crippen LogP contribution in [0.15, 0.2) is 24.3 Å². The average molecular weight is 402 g/mol. The predicted molar refractivity (Wildman–Crippen MR) is 111 cm³/mol. The number of hydrogen-bond donors (Lipinski definition) is 4. The summed E-state index contributed by atoms with van der Waals surface area (Å²) in [4.78, 5) is 36.4. The monoisotopic (exact) mass is 402 g/mol. The molecule has 1 saturated carbocycles. The molecule has 2 aliphatic rings. The normalized spacial score (nSPS) is 20.1. The van der Waals surface area contributed by atoms with Crippen LogP contribution in [0.25, 0.3) is 0 Å². The van der Waals surface area contributed by atoms with Crippen molar-refractivity contribution < 1.29 is 19.1 Å². The predicted octanol–water partition coefficient (Wildman–Crippen LogP) is 2.62. The van der Waals surface area contributed by atoms with Gasteiger partial charge in [-0.25, -0.2) is 4.79 Å². The third-order valence-electron chi connectivity index (χ3n) is 5.40. The van der Waals surface area contributed by atoms with Crippen molar-refractivity contribution in [2.75, 3.05) is 23.8 Å². The third-order valence-corrected chi connectivity index (χ3v) is 5.40. The molecular weight excluding hydrogens is 372 g/mol. The molecule has 0 unspecified atom stereocenters. The van der Waals surface area contributed by atoms with Crippen molar-refractivity contribution in [2.45, 2.75) is 57.6 Å². The second-order valence-electron chi connectivity index (χ2n) is 7.75. The lowest BCUT2D eigenvalue weighted by Gasteiger charge is -2.17. The number of hydrogen-bond acceptors (Lipinski definition) is 4. The Labute approximate surface area is 171 Å². The first-order valence-electron chi connectivity index (χ1n) is 10.4. The number of amides is 4. The highest BCUT2D eigenvalue weighted by Gasteiger charge is 2.25. The van der Waals surface area contributed by atoms with Crippen molar-refractivity contribution in [3.63, 3.8) is 0 Å². The molecule has 1 heterocycles. The molecule has 8 nitrogen and oxygen atoms in total. The van der Waals surface area contributed by atoms with Gasteiger partial charge >= 0.3 is 6.03 Å². The van der Waals surface area contributed by atoms with Crippen molar-refractivity contribution >= 4 is 29.2 Å². The van der Waals surface area contributed by atoms with E-state index in [1.165, 1.54) is 0 Å². The Balaban J connectivity index is 1.41. The lowest BCUT2D eigenvalue weighted by Crippen LogP contribution is -2.43. The molecule has 1 aromatic rings. The van der Waals surface area contributed by atoms with Crippen molar-refractivity contribution in [1.29, 1.82) is 0 Å². The van der Waals surface area contributed by atoms with E-state index in [9.17, 15) is 14.4 Å². The maximum atomic E-state index is 12.3. The summed E-state index contributed by atoms with van der Waals surface area (Å²) in [5.41, 5.74) is 1.22. The molecule has 1 aromatic carbocycles. The van der Waals surface area contributed by atoms with Crippen LogP contribution in [0.2, 0.25) is 0 Å². The molecule has 0 aromatic heterocycles. The number of urea groups is 1. The zero-order valence-electron chi connectivity index (χ0n) is 16.8. The maximum Gasteiger partial charge on any atom is 0.319 e. The van der Waals surface area contributed by atoms with Gasteiger partial charge in [0.1, 0.15) is 6.04 Å². The Morgan fingerprint density at radius 2 is 1.66 bits per heavy atom. The lowest BCUT2D eigenvalue weighted by molar-refractivity contribution is -0.128. The molecular formula is C21H30N4O4. The second kappa shape index (κ2) is 10.2. The van der Waals surface area contributed by atoms with Gasteiger partial charge in [-0.15, -0.1) is 0 Å². The molecule has 4 amide bonds. The highest BCUT2D eigenvalue weighted by Crippen LogP contribution is 2.24. The van der Waals surface area contributed by atoms with Crippen LogP contribution in [0, 0.1) is 5.92 Å². The molecule has 0 radical (unpaired) electrons. The van der Waals surface area contributed by atoms with Crippen LogP contribution in [0.4, 0.5) is 16.2 Å². The Kier molecular flexibility index (Phi) is 7.46. The summed E-state index contributed by atoms with van der Waals surface area (Å²) in [6, 6.07) is 5.94. The number of carbonyl (C=O) groups is 3. The minimum atomic E-state index is -0.607. The fraction of sp³-hybridized carbons (Fsp3) is 0.571. The quantitative estimate of drug-likeness (QED) is 0.562. The highest BCUT2D eigenvalue weighted by molar-refractivity contribution is 5.97. The maximum absolute atomic E-state index is 12.3. The average Bonchev–Trinajstić information content (AvgIpc) is 3.42. The topological polar surface area (TPSA) is 109 Å². The summed E-state index contributed by atoms with van der Waals surface area (Å²) in [6.07, 6.45) is 6.04. The van der Waals surface area contributed by atoms with E-state index in [0.29, 0.717) is 17.9 Å². The Hall–Kier alpha value is -2.61. The summed E-state index contributed by atoms with van der Waals surface area (Å²) in [7, 11) is 0. The van der Waals surface area contributed by atoms with E-state index in [4.69, 9.17) is 4.74 Å². The van der Waals surface area contributed by atoms with Crippen LogP contribution in [-0.2, 0) is 14.3 Å². The number of benzene rings is 1. The zero-order valence-corrected chi connectivity index (χ0v) is 16.8. The van der Waals surface area contributed by atoms with Gasteiger partial charge in [-0.1, -0.05) is 12.8 Å². The zero-order chi connectivity index (χ0) is 20.6. The van der Waals surface area contributed by atoms with Crippen molar-refractivity contribution in [1.82, 2.24) is 10.6 Å². The van der Waals surface area contributed by atoms with Gasteiger partial charge in [-0.2, -0.15) is 0 Å². The summed E-state index contributed by atoms with van der Waals surface area (Å²) in [5, 5.41) is 11.1. The first kappa shape index (κ1) is 21.1. The molecule has 1 saturated heterocycles. The van der Waals surface area contributed by atoms with Crippen molar-refractivity contribution in [3.8, 4) is 0 Å². The fourth-order valence-corrected chi connectivity index (χ4v) is 3.66. The largest absolute Gasteiger partial charge is 0.376 e. The van der Waals surface area contributed by atoms with Gasteiger partial charge in [-0.3, -0.25) is 9.59 Å². The van der Waals surface area contributed by atoms with Gasteiger partial charge in [0.25, 0.3) is 0 Å². The SMILES string of the molecule is C[C@H](NC(=O)C1CCCC1)C(=O)Nc1ccc(NC(=O)NC[C@H]2CCCO2)cc1. The van der Waals surface area contributed by atoms with Gasteiger partial charge in [0, 0.05) is 30.4 Å². The summed E-state index contributed by atoms with van der Waals surface area (Å²) < 4.78 is 5.47. The first-order valence-corrected chi connectivity index (χ1v) is 10.4. The molecule has 29 heavy (non-hydrogen) atoms. The van der Waals surface area contributed by atoms with E-state index < -0.39 is 6.04 Å². The number of rotatable bonds is 7. The molecule has 0 bridgehead atoms. The molecule has 158 valence electrons. The minimum Gasteiger partial charge on any atom is -0.376 e. The van der Waals surface area contributed by atoms with Gasteiger partial charge < -0.3 is 26.0 Å². The molecule has 0 spiro atoms. The van der Waals surface area contributed by atoms with Crippen LogP contribution < -0.4 is 21.3 Å². The van der Waals surface area contributed by atoms with Crippen molar-refractivity contribution in [2.24, 2.45) is 5.92 Å². The number of anilines is 2. The van der Waals surface area contributed by atoms with E-state index in [2.05, 4.69) is 21.3 Å². The first-order chi connectivity index (χ1) is 14.0. The Bertz CT molecular complexity index is 710. The smallest absolute Gasteiger partial charge is 0.319 e. The van der Waals surface area contributed by atoms with E-state index in [1.807, 2.05) is 0 Å². The molecule has 3 rings (SSSR count). The molecule has 1 aliphatic carbocycles. The van der Waals surface area contributed by atoms with Crippen LogP contribution in [0.5, 0.6) is 0 Å². The van der Waals surface area contributed by atoms with E-state index in [1.54, 1.807) is 31.2 Å². The molecule has 4 N–H and O–H groups in total.